The first-order valence-electron chi connectivity index (χ1n) is 27.9. The largest absolute Gasteiger partial charge is 0.394 e. The van der Waals surface area contributed by atoms with Crippen molar-refractivity contribution >= 4 is 5.78 Å². The number of carbonyl (C=O) groups excluding carboxylic acids is 1. The second-order valence-electron chi connectivity index (χ2n) is 25.7. The molecule has 3 saturated carbocycles. The number of hydrogen-bond acceptors (Lipinski definition) is 24. The number of ketones is 1. The molecule has 0 aromatic carbocycles. The van der Waals surface area contributed by atoms with Gasteiger partial charge >= 0.3 is 0 Å². The van der Waals surface area contributed by atoms with Gasteiger partial charge in [0.2, 0.25) is 0 Å². The van der Waals surface area contributed by atoms with E-state index in [-0.39, 0.29) is 41.3 Å². The van der Waals surface area contributed by atoms with Crippen LogP contribution in [0.1, 0.15) is 107 Å². The van der Waals surface area contributed by atoms with E-state index in [1.54, 1.807) is 13.8 Å². The molecular weight excluding hydrogens is 1030 g/mol. The maximum absolute atomic E-state index is 15.2. The summed E-state index contributed by atoms with van der Waals surface area (Å²) in [4.78, 5) is 15.2. The van der Waals surface area contributed by atoms with Gasteiger partial charge < -0.3 is 114 Å². The molecule has 4 aliphatic heterocycles. The zero-order chi connectivity index (χ0) is 57.5. The Hall–Kier alpha value is -1.51. The predicted molar refractivity (Wildman–Crippen MR) is 267 cm³/mol. The molecule has 4 heterocycles. The van der Waals surface area contributed by atoms with Gasteiger partial charge in [0.25, 0.3) is 0 Å². The minimum Gasteiger partial charge on any atom is -0.394 e. The lowest BCUT2D eigenvalue weighted by Gasteiger charge is -2.65. The van der Waals surface area contributed by atoms with E-state index in [2.05, 4.69) is 33.8 Å². The number of aliphatic hydroxyl groups excluding tert-OH is 14. The van der Waals surface area contributed by atoms with Crippen LogP contribution in [0.25, 0.3) is 0 Å². The molecule has 78 heavy (non-hydrogen) atoms. The Morgan fingerprint density at radius 3 is 1.68 bits per heavy atom. The first-order chi connectivity index (χ1) is 36.4. The molecule has 0 bridgehead atoms. The Balaban J connectivity index is 0.941. The first-order valence-corrected chi connectivity index (χ1v) is 27.9. The lowest BCUT2D eigenvalue weighted by Crippen LogP contribution is -2.65. The van der Waals surface area contributed by atoms with E-state index in [1.807, 2.05) is 13.8 Å². The summed E-state index contributed by atoms with van der Waals surface area (Å²) in [6.07, 6.45) is -26.9. The molecule has 0 unspecified atom stereocenters. The summed E-state index contributed by atoms with van der Waals surface area (Å²) in [5.74, 6) is 0.115. The normalized spacial score (nSPS) is 50.5. The molecule has 24 heteroatoms. The standard InChI is InChI=1S/C54H90O24/c1-22(9-13-33(51(4,5)70)77-49-45(41(66)36(61)28(20-57)74-49)78-48-44(69)39(64)35(60)27(19-56)73-48)23-15-16-52(6)30-12-10-24-25(54(30,8)31(58)17-53(23,52)7)11-14-32(50(24,2)3)76-47-43(68)40(65)37(62)29(75-47)21-71-46-42(67)38(63)34(59)26(18-55)72-46/h10,22-23,25-30,32-49,55-57,59-70H,9,11-21H2,1-8H3/t22-,23-,25-,26-,27-,28-,29-,30-,32+,33-,34-,35-,36-,37-,38+,39+,40+,41+,42-,43-,44-,45-,46-,47+,48+,49+,52+,53-,54+/m1/s1. The van der Waals surface area contributed by atoms with Gasteiger partial charge in [0.1, 0.15) is 103 Å². The molecule has 0 aromatic rings. The topological polar surface area (TPSA) is 394 Å². The van der Waals surface area contributed by atoms with Crippen LogP contribution >= 0.6 is 0 Å². The molecule has 8 rings (SSSR count). The van der Waals surface area contributed by atoms with Gasteiger partial charge in [0.05, 0.1) is 44.2 Å². The molecule has 29 atom stereocenters. The Morgan fingerprint density at radius 1 is 0.615 bits per heavy atom. The highest BCUT2D eigenvalue weighted by Gasteiger charge is 2.71. The number of fused-ring (bicyclic) bond motifs is 5. The van der Waals surface area contributed by atoms with E-state index < -0.39 is 183 Å². The summed E-state index contributed by atoms with van der Waals surface area (Å²) in [6.45, 7) is 13.3. The molecule has 4 saturated heterocycles. The molecular formula is C54H90O24. The number of allylic oxidation sites excluding steroid dienone is 1. The van der Waals surface area contributed by atoms with Crippen LogP contribution in [0.15, 0.2) is 11.6 Å². The van der Waals surface area contributed by atoms with Crippen LogP contribution in [0.4, 0.5) is 0 Å². The van der Waals surface area contributed by atoms with E-state index >= 15 is 4.79 Å². The lowest BCUT2D eigenvalue weighted by molar-refractivity contribution is -0.375. The monoisotopic (exact) mass is 1120 g/mol. The maximum Gasteiger partial charge on any atom is 0.187 e. The van der Waals surface area contributed by atoms with Crippen LogP contribution in [0.2, 0.25) is 0 Å². The zero-order valence-electron chi connectivity index (χ0n) is 46.0. The van der Waals surface area contributed by atoms with Gasteiger partial charge in [-0.25, -0.2) is 0 Å². The SMILES string of the molecule is C[C@H](CC[C@@H](O[C@@H]1O[C@H](CO)[C@@H](O)[C@H](O)[C@H]1O[C@@H]1O[C@H](CO)[C@@H](O)[C@H](O)[C@H]1O)C(C)(C)O)[C@H]1CC[C@@]2(C)[C@H]3CC=C4[C@@H](CC[C@H](O[C@@H]5O[C@H](CO[C@@H]6O[C@H](CO)[C@@H](O)[C@H](O)[C@H]6O)[C@@H](O)[C@H](O)[C@H]5O)C4(C)C)[C@]3(C)C(=O)C[C@]12C. The van der Waals surface area contributed by atoms with Crippen molar-refractivity contribution in [3.63, 3.8) is 0 Å². The highest BCUT2D eigenvalue weighted by atomic mass is 16.8. The van der Waals surface area contributed by atoms with Gasteiger partial charge in [0, 0.05) is 17.3 Å². The van der Waals surface area contributed by atoms with Gasteiger partial charge in [-0.05, 0) is 93.3 Å². The van der Waals surface area contributed by atoms with Crippen molar-refractivity contribution in [2.24, 2.45) is 45.3 Å². The van der Waals surface area contributed by atoms with Crippen LogP contribution in [0, 0.1) is 45.3 Å². The highest BCUT2D eigenvalue weighted by Crippen LogP contribution is 2.74. The number of aliphatic hydroxyl groups is 15. The summed E-state index contributed by atoms with van der Waals surface area (Å²) in [6, 6.07) is 0. The van der Waals surface area contributed by atoms with E-state index in [0.29, 0.717) is 32.1 Å². The van der Waals surface area contributed by atoms with Crippen molar-refractivity contribution in [2.45, 2.75) is 247 Å². The quantitative estimate of drug-likeness (QED) is 0.0645. The summed E-state index contributed by atoms with van der Waals surface area (Å²) in [7, 11) is 0. The fraction of sp³-hybridized carbons (Fsp3) is 0.944. The fourth-order valence-corrected chi connectivity index (χ4v) is 15.3. The predicted octanol–water partition coefficient (Wildman–Crippen LogP) is -3.02. The Morgan fingerprint density at radius 2 is 1.12 bits per heavy atom. The van der Waals surface area contributed by atoms with E-state index in [4.69, 9.17) is 37.9 Å². The van der Waals surface area contributed by atoms with Crippen molar-refractivity contribution in [3.05, 3.63) is 11.6 Å². The van der Waals surface area contributed by atoms with E-state index in [0.717, 1.165) is 18.4 Å². The third kappa shape index (κ3) is 10.9. The van der Waals surface area contributed by atoms with Crippen LogP contribution in [0.5, 0.6) is 0 Å². The highest BCUT2D eigenvalue weighted by molar-refractivity contribution is 5.88. The van der Waals surface area contributed by atoms with Crippen molar-refractivity contribution in [3.8, 4) is 0 Å². The Kier molecular flexibility index (Phi) is 18.8. The summed E-state index contributed by atoms with van der Waals surface area (Å²) < 4.78 is 47.4. The lowest BCUT2D eigenvalue weighted by atomic mass is 9.38. The first kappa shape index (κ1) is 62.5. The minimum absolute atomic E-state index is 0.00515. The molecule has 4 aliphatic carbocycles. The van der Waals surface area contributed by atoms with Crippen LogP contribution < -0.4 is 0 Å². The third-order valence-corrected chi connectivity index (χ3v) is 20.5. The number of hydrogen-bond donors (Lipinski definition) is 15. The Bertz CT molecular complexity index is 2070. The molecule has 0 radical (unpaired) electrons. The van der Waals surface area contributed by atoms with Gasteiger partial charge in [-0.3, -0.25) is 4.79 Å². The number of ether oxygens (including phenoxy) is 8. The van der Waals surface area contributed by atoms with Gasteiger partial charge in [-0.15, -0.1) is 0 Å². The molecule has 0 spiro atoms. The fourth-order valence-electron chi connectivity index (χ4n) is 15.3. The molecule has 7 fully saturated rings. The summed E-state index contributed by atoms with van der Waals surface area (Å²) in [5.41, 5.74) is -2.59. The molecule has 0 amide bonds. The molecule has 15 N–H and O–H groups in total. The van der Waals surface area contributed by atoms with Crippen molar-refractivity contribution in [1.29, 1.82) is 0 Å². The van der Waals surface area contributed by atoms with E-state index in [1.165, 1.54) is 0 Å². The van der Waals surface area contributed by atoms with Crippen LogP contribution in [-0.2, 0) is 42.7 Å². The zero-order valence-corrected chi connectivity index (χ0v) is 46.0. The van der Waals surface area contributed by atoms with Crippen molar-refractivity contribution < 1.29 is 119 Å². The summed E-state index contributed by atoms with van der Waals surface area (Å²) in [5, 5.41) is 159. The van der Waals surface area contributed by atoms with E-state index in [9.17, 15) is 76.6 Å². The number of carbonyl (C=O) groups is 1. The molecule has 24 nitrogen and oxygen atoms in total. The smallest absolute Gasteiger partial charge is 0.187 e. The van der Waals surface area contributed by atoms with Gasteiger partial charge in [-0.2, -0.15) is 0 Å². The average molecular weight is 1120 g/mol. The van der Waals surface area contributed by atoms with Crippen molar-refractivity contribution in [1.82, 2.24) is 0 Å². The third-order valence-electron chi connectivity index (χ3n) is 20.5. The second-order valence-corrected chi connectivity index (χ2v) is 25.7. The van der Waals surface area contributed by atoms with Crippen molar-refractivity contribution in [2.75, 3.05) is 26.4 Å². The van der Waals surface area contributed by atoms with Gasteiger partial charge in [-0.1, -0.05) is 53.2 Å². The molecule has 0 aromatic heterocycles. The number of Topliss-reactive ketones (excluding diaryl/α,β-unsaturated/α-hetero) is 1. The average Bonchev–Trinajstić information content (AvgIpc) is 2.93. The van der Waals surface area contributed by atoms with Crippen LogP contribution in [0.3, 0.4) is 0 Å². The maximum atomic E-state index is 15.2. The Labute approximate surface area is 454 Å². The minimum atomic E-state index is -1.86. The second kappa shape index (κ2) is 23.5. The molecule has 8 aliphatic rings. The molecule has 450 valence electrons. The van der Waals surface area contributed by atoms with Gasteiger partial charge in [0.15, 0.2) is 25.2 Å². The summed E-state index contributed by atoms with van der Waals surface area (Å²) >= 11 is 0. The number of rotatable bonds is 17. The van der Waals surface area contributed by atoms with Crippen LogP contribution in [-0.4, -0.2) is 249 Å².